The van der Waals surface area contributed by atoms with E-state index in [9.17, 15) is 0 Å². The lowest BCUT2D eigenvalue weighted by molar-refractivity contribution is 0.0590. The maximum Gasteiger partial charge on any atom is 0.0586 e. The maximum absolute atomic E-state index is 5.44. The van der Waals surface area contributed by atoms with E-state index < -0.39 is 0 Å². The maximum atomic E-state index is 5.44. The Balaban J connectivity index is 1.65. The van der Waals surface area contributed by atoms with Crippen molar-refractivity contribution >= 4 is 11.3 Å². The summed E-state index contributed by atoms with van der Waals surface area (Å²) in [6.07, 6.45) is 6.67. The molecule has 0 spiro atoms. The van der Waals surface area contributed by atoms with Crippen molar-refractivity contribution in [2.45, 2.75) is 44.2 Å². The van der Waals surface area contributed by atoms with Gasteiger partial charge in [-0.3, -0.25) is 0 Å². The monoisotopic (exact) mass is 239 g/mol. The van der Waals surface area contributed by atoms with Crippen molar-refractivity contribution in [3.63, 3.8) is 0 Å². The van der Waals surface area contributed by atoms with Gasteiger partial charge in [-0.2, -0.15) is 0 Å². The number of hydrogen-bond acceptors (Lipinski definition) is 3. The van der Waals surface area contributed by atoms with E-state index in [1.54, 1.807) is 0 Å². The van der Waals surface area contributed by atoms with E-state index in [-0.39, 0.29) is 0 Å². The summed E-state index contributed by atoms with van der Waals surface area (Å²) < 4.78 is 5.44. The van der Waals surface area contributed by atoms with Gasteiger partial charge in [-0.15, -0.1) is 11.3 Å². The molecule has 1 heterocycles. The molecule has 2 atom stereocenters. The second-order valence-electron chi connectivity index (χ2n) is 4.50. The van der Waals surface area contributed by atoms with Gasteiger partial charge in [-0.05, 0) is 43.6 Å². The molecule has 1 aliphatic carbocycles. The van der Waals surface area contributed by atoms with Crippen LogP contribution in [0, 0.1) is 0 Å². The third-order valence-electron chi connectivity index (χ3n) is 3.34. The van der Waals surface area contributed by atoms with Gasteiger partial charge in [-0.1, -0.05) is 6.07 Å². The zero-order valence-electron chi connectivity index (χ0n) is 9.95. The molecule has 0 saturated heterocycles. The third kappa shape index (κ3) is 3.58. The predicted octanol–water partition coefficient (Wildman–Crippen LogP) is 2.84. The fourth-order valence-corrected chi connectivity index (χ4v) is 3.11. The van der Waals surface area contributed by atoms with Crippen molar-refractivity contribution in [2.24, 2.45) is 0 Å². The van der Waals surface area contributed by atoms with E-state index in [0.717, 1.165) is 13.0 Å². The van der Waals surface area contributed by atoms with Crippen molar-refractivity contribution in [3.05, 3.63) is 22.4 Å². The highest BCUT2D eigenvalue weighted by Crippen LogP contribution is 2.20. The number of rotatable bonds is 5. The Labute approximate surface area is 102 Å². The largest absolute Gasteiger partial charge is 0.381 e. The molecule has 3 heteroatoms. The van der Waals surface area contributed by atoms with Crippen LogP contribution in [0.25, 0.3) is 0 Å². The SMILES string of the molecule is COC1CCCC(NCCc2cccs2)C1. The molecule has 1 aromatic heterocycles. The van der Waals surface area contributed by atoms with Crippen LogP contribution in [0.2, 0.25) is 0 Å². The topological polar surface area (TPSA) is 21.3 Å². The van der Waals surface area contributed by atoms with E-state index in [0.29, 0.717) is 12.1 Å². The van der Waals surface area contributed by atoms with Gasteiger partial charge in [-0.25, -0.2) is 0 Å². The van der Waals surface area contributed by atoms with Crippen LogP contribution >= 0.6 is 11.3 Å². The zero-order valence-corrected chi connectivity index (χ0v) is 10.8. The Kier molecular flexibility index (Phi) is 4.82. The molecule has 2 rings (SSSR count). The minimum atomic E-state index is 0.480. The molecule has 0 amide bonds. The molecule has 0 aliphatic heterocycles. The molecule has 0 aromatic carbocycles. The Morgan fingerprint density at radius 2 is 2.44 bits per heavy atom. The molecule has 2 unspecified atom stereocenters. The van der Waals surface area contributed by atoms with Crippen molar-refractivity contribution in [3.8, 4) is 0 Å². The van der Waals surface area contributed by atoms with Gasteiger partial charge in [0.15, 0.2) is 0 Å². The van der Waals surface area contributed by atoms with Crippen LogP contribution in [0.5, 0.6) is 0 Å². The van der Waals surface area contributed by atoms with E-state index in [2.05, 4.69) is 22.8 Å². The van der Waals surface area contributed by atoms with Gasteiger partial charge in [0, 0.05) is 24.6 Å². The molecule has 1 aromatic rings. The number of hydrogen-bond donors (Lipinski definition) is 1. The van der Waals surface area contributed by atoms with E-state index >= 15 is 0 Å². The lowest BCUT2D eigenvalue weighted by atomic mass is 9.93. The number of methoxy groups -OCH3 is 1. The summed E-state index contributed by atoms with van der Waals surface area (Å²) in [4.78, 5) is 1.48. The van der Waals surface area contributed by atoms with Crippen LogP contribution in [0.15, 0.2) is 17.5 Å². The normalized spacial score (nSPS) is 25.8. The highest BCUT2D eigenvalue weighted by molar-refractivity contribution is 7.09. The Morgan fingerprint density at radius 1 is 1.50 bits per heavy atom. The zero-order chi connectivity index (χ0) is 11.2. The molecule has 2 nitrogen and oxygen atoms in total. The first kappa shape index (κ1) is 12.1. The standard InChI is InChI=1S/C13H21NOS/c1-15-12-5-2-4-11(10-12)14-8-7-13-6-3-9-16-13/h3,6,9,11-12,14H,2,4-5,7-8,10H2,1H3. The van der Waals surface area contributed by atoms with E-state index in [1.807, 2.05) is 18.4 Å². The molecule has 1 aliphatic rings. The summed E-state index contributed by atoms with van der Waals surface area (Å²) >= 11 is 1.85. The van der Waals surface area contributed by atoms with Crippen molar-refractivity contribution in [1.82, 2.24) is 5.32 Å². The van der Waals surface area contributed by atoms with Gasteiger partial charge in [0.05, 0.1) is 6.10 Å². The highest BCUT2D eigenvalue weighted by atomic mass is 32.1. The smallest absolute Gasteiger partial charge is 0.0586 e. The van der Waals surface area contributed by atoms with Crippen LogP contribution in [0.1, 0.15) is 30.6 Å². The van der Waals surface area contributed by atoms with Gasteiger partial charge in [0.25, 0.3) is 0 Å². The van der Waals surface area contributed by atoms with Crippen LogP contribution < -0.4 is 5.32 Å². The summed E-state index contributed by atoms with van der Waals surface area (Å²) in [6, 6.07) is 5.01. The second-order valence-corrected chi connectivity index (χ2v) is 5.54. The van der Waals surface area contributed by atoms with E-state index in [4.69, 9.17) is 4.74 Å². The molecule has 16 heavy (non-hydrogen) atoms. The molecule has 0 radical (unpaired) electrons. The number of nitrogens with one attached hydrogen (secondary N) is 1. The van der Waals surface area contributed by atoms with Crippen molar-refractivity contribution in [2.75, 3.05) is 13.7 Å². The summed E-state index contributed by atoms with van der Waals surface area (Å²) in [5.41, 5.74) is 0. The first-order valence-corrected chi connectivity index (χ1v) is 7.05. The molecule has 90 valence electrons. The molecular formula is C13H21NOS. The minimum absolute atomic E-state index is 0.480. The Morgan fingerprint density at radius 3 is 3.19 bits per heavy atom. The van der Waals surface area contributed by atoms with E-state index in [1.165, 1.54) is 30.6 Å². The van der Waals surface area contributed by atoms with Gasteiger partial charge in [0.2, 0.25) is 0 Å². The van der Waals surface area contributed by atoms with Crippen LogP contribution in [0.4, 0.5) is 0 Å². The molecule has 0 bridgehead atoms. The Hall–Kier alpha value is -0.380. The molecule has 1 saturated carbocycles. The van der Waals surface area contributed by atoms with Crippen molar-refractivity contribution < 1.29 is 4.74 Å². The average molecular weight is 239 g/mol. The predicted molar refractivity (Wildman–Crippen MR) is 69.1 cm³/mol. The average Bonchev–Trinajstić information content (AvgIpc) is 2.82. The summed E-state index contributed by atoms with van der Waals surface area (Å²) in [7, 11) is 1.83. The number of thiophene rings is 1. The first-order chi connectivity index (χ1) is 7.88. The second kappa shape index (κ2) is 6.38. The summed E-state index contributed by atoms with van der Waals surface area (Å²) in [5.74, 6) is 0. The van der Waals surface area contributed by atoms with Crippen LogP contribution in [-0.2, 0) is 11.2 Å². The molecule has 1 fully saturated rings. The van der Waals surface area contributed by atoms with Crippen molar-refractivity contribution in [1.29, 1.82) is 0 Å². The minimum Gasteiger partial charge on any atom is -0.381 e. The lowest BCUT2D eigenvalue weighted by Crippen LogP contribution is -2.37. The Bertz CT molecular complexity index is 286. The van der Waals surface area contributed by atoms with Gasteiger partial charge < -0.3 is 10.1 Å². The van der Waals surface area contributed by atoms with Crippen LogP contribution in [-0.4, -0.2) is 25.8 Å². The summed E-state index contributed by atoms with van der Waals surface area (Å²) in [6.45, 7) is 1.10. The summed E-state index contributed by atoms with van der Waals surface area (Å²) in [5, 5.41) is 5.80. The molecular weight excluding hydrogens is 218 g/mol. The third-order valence-corrected chi connectivity index (χ3v) is 4.28. The first-order valence-electron chi connectivity index (χ1n) is 6.17. The quantitative estimate of drug-likeness (QED) is 0.853. The fourth-order valence-electron chi connectivity index (χ4n) is 2.40. The highest BCUT2D eigenvalue weighted by Gasteiger charge is 2.20. The fraction of sp³-hybridized carbons (Fsp3) is 0.692. The van der Waals surface area contributed by atoms with Gasteiger partial charge in [0.1, 0.15) is 0 Å². The number of ether oxygens (including phenoxy) is 1. The molecule has 1 N–H and O–H groups in total. The van der Waals surface area contributed by atoms with Gasteiger partial charge >= 0.3 is 0 Å². The lowest BCUT2D eigenvalue weighted by Gasteiger charge is -2.28. The van der Waals surface area contributed by atoms with Crippen LogP contribution in [0.3, 0.4) is 0 Å².